The molecule has 1 aromatic heterocycles. The van der Waals surface area contributed by atoms with Crippen molar-refractivity contribution >= 4 is 11.7 Å². The van der Waals surface area contributed by atoms with Crippen LogP contribution < -0.4 is 5.32 Å². The maximum atomic E-state index is 13.8. The average Bonchev–Trinajstić information content (AvgIpc) is 3.05. The van der Waals surface area contributed by atoms with E-state index in [0.29, 0.717) is 5.56 Å². The Balaban J connectivity index is 2.00. The lowest BCUT2D eigenvalue weighted by atomic mass is 10.0. The second kappa shape index (κ2) is 7.26. The number of aromatic nitrogens is 1. The van der Waals surface area contributed by atoms with Gasteiger partial charge < -0.3 is 9.84 Å². The van der Waals surface area contributed by atoms with Crippen molar-refractivity contribution in [3.63, 3.8) is 0 Å². The Kier molecular flexibility index (Phi) is 4.88. The number of carbonyl (C=O) groups excluding carboxylic acids is 2. The van der Waals surface area contributed by atoms with Gasteiger partial charge in [-0.1, -0.05) is 17.3 Å². The largest absolute Gasteiger partial charge is 0.359 e. The zero-order chi connectivity index (χ0) is 18.7. The molecule has 1 heterocycles. The summed E-state index contributed by atoms with van der Waals surface area (Å²) in [6.45, 7) is 0. The van der Waals surface area contributed by atoms with Crippen molar-refractivity contribution in [2.75, 3.05) is 7.05 Å². The predicted molar refractivity (Wildman–Crippen MR) is 89.7 cm³/mol. The van der Waals surface area contributed by atoms with Gasteiger partial charge in [-0.3, -0.25) is 9.59 Å². The lowest BCUT2D eigenvalue weighted by Gasteiger charge is -2.04. The normalized spacial score (nSPS) is 10.6. The lowest BCUT2D eigenvalue weighted by molar-refractivity contribution is 0.0960. The van der Waals surface area contributed by atoms with Crippen molar-refractivity contribution < 1.29 is 22.9 Å². The Morgan fingerprint density at radius 1 is 1.08 bits per heavy atom. The molecule has 0 aliphatic rings. The van der Waals surface area contributed by atoms with Crippen molar-refractivity contribution in [2.24, 2.45) is 0 Å². The summed E-state index contributed by atoms with van der Waals surface area (Å²) in [7, 11) is 1.42. The van der Waals surface area contributed by atoms with Gasteiger partial charge in [0.15, 0.2) is 11.5 Å². The summed E-state index contributed by atoms with van der Waals surface area (Å²) in [4.78, 5) is 24.7. The van der Waals surface area contributed by atoms with Crippen LogP contribution in [0.1, 0.15) is 26.5 Å². The van der Waals surface area contributed by atoms with Crippen LogP contribution in [-0.2, 0) is 6.42 Å². The third-order valence-electron chi connectivity index (χ3n) is 3.83. The second-order valence-electron chi connectivity index (χ2n) is 5.50. The van der Waals surface area contributed by atoms with Gasteiger partial charge in [0.2, 0.25) is 0 Å². The highest BCUT2D eigenvalue weighted by atomic mass is 19.1. The average molecular weight is 356 g/mol. The fourth-order valence-corrected chi connectivity index (χ4v) is 2.54. The van der Waals surface area contributed by atoms with Crippen LogP contribution in [-0.4, -0.2) is 23.9 Å². The number of hydrogen-bond acceptors (Lipinski definition) is 4. The minimum absolute atomic E-state index is 0.0110. The number of nitrogens with one attached hydrogen (secondary N) is 1. The Bertz CT molecular complexity index is 965. The van der Waals surface area contributed by atoms with Gasteiger partial charge in [0, 0.05) is 12.6 Å². The Morgan fingerprint density at radius 2 is 1.77 bits per heavy atom. The van der Waals surface area contributed by atoms with E-state index in [1.165, 1.54) is 49.5 Å². The number of amides is 1. The van der Waals surface area contributed by atoms with Crippen LogP contribution >= 0.6 is 0 Å². The van der Waals surface area contributed by atoms with Gasteiger partial charge in [-0.05, 0) is 36.4 Å². The molecule has 5 nitrogen and oxygen atoms in total. The number of rotatable bonds is 5. The molecule has 0 radical (unpaired) electrons. The van der Waals surface area contributed by atoms with E-state index in [-0.39, 0.29) is 29.0 Å². The zero-order valence-corrected chi connectivity index (χ0v) is 13.8. The van der Waals surface area contributed by atoms with Crippen molar-refractivity contribution in [1.82, 2.24) is 10.5 Å². The van der Waals surface area contributed by atoms with Crippen molar-refractivity contribution in [2.45, 2.75) is 6.42 Å². The summed E-state index contributed by atoms with van der Waals surface area (Å²) in [5.74, 6) is -2.14. The molecule has 0 bridgehead atoms. The Morgan fingerprint density at radius 3 is 2.42 bits per heavy atom. The number of Topliss-reactive ketones (excluding diaryl/α,β-unsaturated/α-hetero) is 1. The quantitative estimate of drug-likeness (QED) is 0.711. The lowest BCUT2D eigenvalue weighted by Crippen LogP contribution is -2.20. The van der Waals surface area contributed by atoms with E-state index < -0.39 is 23.3 Å². The molecule has 0 aliphatic carbocycles. The van der Waals surface area contributed by atoms with Crippen LogP contribution in [0.4, 0.5) is 8.78 Å². The van der Waals surface area contributed by atoms with E-state index in [0.717, 1.165) is 0 Å². The smallest absolute Gasteiger partial charge is 0.256 e. The van der Waals surface area contributed by atoms with Crippen LogP contribution in [0.2, 0.25) is 0 Å². The van der Waals surface area contributed by atoms with Crippen LogP contribution in [0, 0.1) is 11.6 Å². The van der Waals surface area contributed by atoms with E-state index in [9.17, 15) is 18.4 Å². The van der Waals surface area contributed by atoms with Crippen molar-refractivity contribution in [3.05, 3.63) is 77.1 Å². The minimum Gasteiger partial charge on any atom is -0.359 e. The first-order valence-corrected chi connectivity index (χ1v) is 7.75. The fraction of sp³-hybridized carbons (Fsp3) is 0.105. The summed E-state index contributed by atoms with van der Waals surface area (Å²) < 4.78 is 32.1. The van der Waals surface area contributed by atoms with Crippen LogP contribution in [0.5, 0.6) is 0 Å². The first-order chi connectivity index (χ1) is 12.5. The zero-order valence-electron chi connectivity index (χ0n) is 13.8. The van der Waals surface area contributed by atoms with E-state index in [1.807, 2.05) is 0 Å². The maximum Gasteiger partial charge on any atom is 0.256 e. The van der Waals surface area contributed by atoms with Gasteiger partial charge in [0.05, 0.1) is 12.0 Å². The Hall–Kier alpha value is -3.35. The molecule has 3 rings (SSSR count). The summed E-state index contributed by atoms with van der Waals surface area (Å²) in [6, 6.07) is 10.9. The number of halogens is 2. The van der Waals surface area contributed by atoms with Crippen LogP contribution in [0.15, 0.2) is 53.1 Å². The monoisotopic (exact) mass is 356 g/mol. The van der Waals surface area contributed by atoms with Gasteiger partial charge in [-0.25, -0.2) is 8.78 Å². The molecule has 2 aromatic carbocycles. The number of carbonyl (C=O) groups is 2. The molecule has 3 aromatic rings. The van der Waals surface area contributed by atoms with Crippen molar-refractivity contribution in [3.8, 4) is 11.3 Å². The predicted octanol–water partition coefficient (Wildman–Crippen LogP) is 3.40. The summed E-state index contributed by atoms with van der Waals surface area (Å²) in [6.07, 6.45) is -0.335. The Labute approximate surface area is 147 Å². The highest BCUT2D eigenvalue weighted by Crippen LogP contribution is 2.27. The second-order valence-corrected chi connectivity index (χ2v) is 5.50. The molecule has 0 unspecified atom stereocenters. The standard InChI is InChI=1S/C19H14F2N2O3/c1-22-19(25)17-16(10-15(24)13-4-2-3-5-14(13)21)26-23-18(17)11-6-8-12(20)9-7-11/h2-9H,10H2,1H3,(H,22,25). The molecule has 1 amide bonds. The molecule has 7 heteroatoms. The number of nitrogens with zero attached hydrogens (tertiary/aromatic N) is 1. The molecule has 0 saturated carbocycles. The molecule has 0 atom stereocenters. The molecule has 0 fully saturated rings. The molecule has 132 valence electrons. The molecular formula is C19H14F2N2O3. The number of ketones is 1. The topological polar surface area (TPSA) is 72.2 Å². The highest BCUT2D eigenvalue weighted by molar-refractivity contribution is 6.03. The first kappa shape index (κ1) is 17.5. The van der Waals surface area contributed by atoms with E-state index in [2.05, 4.69) is 10.5 Å². The van der Waals surface area contributed by atoms with Gasteiger partial charge in [-0.15, -0.1) is 0 Å². The molecule has 0 aliphatic heterocycles. The highest BCUT2D eigenvalue weighted by Gasteiger charge is 2.26. The van der Waals surface area contributed by atoms with Gasteiger partial charge in [-0.2, -0.15) is 0 Å². The van der Waals surface area contributed by atoms with E-state index in [4.69, 9.17) is 4.52 Å². The summed E-state index contributed by atoms with van der Waals surface area (Å²) in [5, 5.41) is 6.31. The molecule has 0 saturated heterocycles. The molecule has 1 N–H and O–H groups in total. The molecule has 0 spiro atoms. The first-order valence-electron chi connectivity index (χ1n) is 7.75. The third kappa shape index (κ3) is 3.37. The summed E-state index contributed by atoms with van der Waals surface area (Å²) >= 11 is 0. The SMILES string of the molecule is CNC(=O)c1c(-c2ccc(F)cc2)noc1CC(=O)c1ccccc1F. The van der Waals surface area contributed by atoms with Gasteiger partial charge >= 0.3 is 0 Å². The number of hydrogen-bond donors (Lipinski definition) is 1. The van der Waals surface area contributed by atoms with E-state index in [1.54, 1.807) is 6.07 Å². The maximum absolute atomic E-state index is 13.8. The number of benzene rings is 2. The van der Waals surface area contributed by atoms with Crippen LogP contribution in [0.3, 0.4) is 0 Å². The van der Waals surface area contributed by atoms with Crippen LogP contribution in [0.25, 0.3) is 11.3 Å². The third-order valence-corrected chi connectivity index (χ3v) is 3.83. The molecular weight excluding hydrogens is 342 g/mol. The summed E-state index contributed by atoms with van der Waals surface area (Å²) in [5.41, 5.74) is 0.595. The van der Waals surface area contributed by atoms with E-state index >= 15 is 0 Å². The van der Waals surface area contributed by atoms with Crippen molar-refractivity contribution in [1.29, 1.82) is 0 Å². The fourth-order valence-electron chi connectivity index (χ4n) is 2.54. The van der Waals surface area contributed by atoms with Gasteiger partial charge in [0.25, 0.3) is 5.91 Å². The minimum atomic E-state index is -0.655. The van der Waals surface area contributed by atoms with Gasteiger partial charge in [0.1, 0.15) is 22.9 Å². The molecule has 26 heavy (non-hydrogen) atoms.